The van der Waals surface area contributed by atoms with Crippen LogP contribution in [-0.2, 0) is 6.54 Å². The van der Waals surface area contributed by atoms with Crippen molar-refractivity contribution in [2.24, 2.45) is 4.99 Å². The molecule has 18 heavy (non-hydrogen) atoms. The second-order valence-electron chi connectivity index (χ2n) is 4.24. The fraction of sp³-hybridized carbons (Fsp3) is 0.538. The van der Waals surface area contributed by atoms with Crippen LogP contribution in [0.5, 0.6) is 5.88 Å². The molecule has 5 heteroatoms. The van der Waals surface area contributed by atoms with Crippen LogP contribution in [-0.4, -0.2) is 29.1 Å². The molecule has 1 aliphatic rings. The van der Waals surface area contributed by atoms with Crippen molar-refractivity contribution in [2.45, 2.75) is 31.6 Å². The van der Waals surface area contributed by atoms with Gasteiger partial charge in [-0.25, -0.2) is 4.98 Å². The van der Waals surface area contributed by atoms with Crippen LogP contribution in [0, 0.1) is 0 Å². The van der Waals surface area contributed by atoms with E-state index in [2.05, 4.69) is 22.2 Å². The van der Waals surface area contributed by atoms with Crippen LogP contribution in [0.15, 0.2) is 23.3 Å². The Labute approximate surface area is 112 Å². The van der Waals surface area contributed by atoms with Gasteiger partial charge >= 0.3 is 0 Å². The highest BCUT2D eigenvalue weighted by molar-refractivity contribution is 8.14. The summed E-state index contributed by atoms with van der Waals surface area (Å²) in [4.78, 5) is 8.69. The summed E-state index contributed by atoms with van der Waals surface area (Å²) in [5.41, 5.74) is 1.14. The summed E-state index contributed by atoms with van der Waals surface area (Å²) in [5, 5.41) is 5.07. The molecule has 0 radical (unpaired) electrons. The molecular formula is C13H19N3OS. The molecule has 4 nitrogen and oxygen atoms in total. The van der Waals surface area contributed by atoms with Crippen LogP contribution < -0.4 is 10.1 Å². The zero-order chi connectivity index (χ0) is 12.8. The summed E-state index contributed by atoms with van der Waals surface area (Å²) >= 11 is 1.86. The van der Waals surface area contributed by atoms with Gasteiger partial charge in [-0.2, -0.15) is 0 Å². The number of ether oxygens (including phenoxy) is 1. The zero-order valence-electron chi connectivity index (χ0n) is 10.8. The number of amidine groups is 1. The number of hydrogen-bond acceptors (Lipinski definition) is 5. The molecule has 1 atom stereocenters. The third-order valence-electron chi connectivity index (χ3n) is 2.78. The largest absolute Gasteiger partial charge is 0.481 e. The van der Waals surface area contributed by atoms with Gasteiger partial charge in [0.05, 0.1) is 13.7 Å². The van der Waals surface area contributed by atoms with Crippen LogP contribution in [0.1, 0.15) is 25.3 Å². The van der Waals surface area contributed by atoms with Crippen LogP contribution in [0.4, 0.5) is 0 Å². The van der Waals surface area contributed by atoms with E-state index in [1.807, 2.05) is 30.1 Å². The molecule has 0 aliphatic carbocycles. The molecule has 0 saturated heterocycles. The molecule has 0 bridgehead atoms. The van der Waals surface area contributed by atoms with Gasteiger partial charge in [-0.15, -0.1) is 0 Å². The molecule has 0 amide bonds. The maximum atomic E-state index is 5.03. The highest BCUT2D eigenvalue weighted by Gasteiger charge is 2.18. The zero-order valence-corrected chi connectivity index (χ0v) is 11.7. The molecule has 98 valence electrons. The number of methoxy groups -OCH3 is 1. The molecule has 2 rings (SSSR count). The molecule has 1 aromatic heterocycles. The standard InChI is InChI=1S/C13H19N3OS/c1-3-4-11-9-16-13(18-11)15-8-10-5-6-12(17-2)14-7-10/h5-7,11H,3-4,8-9H2,1-2H3,(H,15,16). The summed E-state index contributed by atoms with van der Waals surface area (Å²) < 4.78 is 5.03. The average molecular weight is 265 g/mol. The van der Waals surface area contributed by atoms with E-state index in [-0.39, 0.29) is 0 Å². The topological polar surface area (TPSA) is 46.5 Å². The lowest BCUT2D eigenvalue weighted by atomic mass is 10.2. The Hall–Kier alpha value is -1.23. The summed E-state index contributed by atoms with van der Waals surface area (Å²) in [6, 6.07) is 3.89. The Balaban J connectivity index is 1.78. The van der Waals surface area contributed by atoms with Gasteiger partial charge in [0.2, 0.25) is 5.88 Å². The lowest BCUT2D eigenvalue weighted by Crippen LogP contribution is -2.19. The lowest BCUT2D eigenvalue weighted by Gasteiger charge is -2.08. The molecule has 1 aliphatic heterocycles. The first-order valence-corrected chi connectivity index (χ1v) is 7.13. The first kappa shape index (κ1) is 13.2. The Morgan fingerprint density at radius 3 is 3.06 bits per heavy atom. The van der Waals surface area contributed by atoms with Crippen molar-refractivity contribution in [1.82, 2.24) is 10.3 Å². The molecule has 0 fully saturated rings. The second kappa shape index (κ2) is 6.64. The molecule has 0 spiro atoms. The Bertz CT molecular complexity index is 405. The van der Waals surface area contributed by atoms with E-state index >= 15 is 0 Å². The minimum atomic E-state index is 0.648. The van der Waals surface area contributed by atoms with Crippen LogP contribution in [0.3, 0.4) is 0 Å². The normalized spacial score (nSPS) is 18.6. The van der Waals surface area contributed by atoms with E-state index in [0.29, 0.717) is 11.1 Å². The monoisotopic (exact) mass is 265 g/mol. The number of nitrogens with one attached hydrogen (secondary N) is 1. The van der Waals surface area contributed by atoms with Gasteiger partial charge in [-0.3, -0.25) is 4.99 Å². The SMILES string of the molecule is CCCC1CN=C(NCc2ccc(OC)nc2)S1. The first-order chi connectivity index (χ1) is 8.81. The first-order valence-electron chi connectivity index (χ1n) is 6.25. The van der Waals surface area contributed by atoms with Crippen molar-refractivity contribution in [3.63, 3.8) is 0 Å². The maximum absolute atomic E-state index is 5.03. The van der Waals surface area contributed by atoms with Crippen molar-refractivity contribution in [2.75, 3.05) is 13.7 Å². The molecule has 0 aromatic carbocycles. The van der Waals surface area contributed by atoms with E-state index < -0.39 is 0 Å². The average Bonchev–Trinajstić information content (AvgIpc) is 2.85. The fourth-order valence-electron chi connectivity index (χ4n) is 1.80. The molecular weight excluding hydrogens is 246 g/mol. The van der Waals surface area contributed by atoms with Crippen molar-refractivity contribution < 1.29 is 4.74 Å². The number of pyridine rings is 1. The molecule has 1 unspecified atom stereocenters. The number of nitrogens with zero attached hydrogens (tertiary/aromatic N) is 2. The van der Waals surface area contributed by atoms with E-state index in [9.17, 15) is 0 Å². The van der Waals surface area contributed by atoms with Crippen molar-refractivity contribution in [1.29, 1.82) is 0 Å². The quantitative estimate of drug-likeness (QED) is 0.888. The van der Waals surface area contributed by atoms with E-state index in [0.717, 1.165) is 23.8 Å². The van der Waals surface area contributed by atoms with Crippen LogP contribution in [0.25, 0.3) is 0 Å². The van der Waals surface area contributed by atoms with Crippen LogP contribution in [0.2, 0.25) is 0 Å². The third kappa shape index (κ3) is 3.63. The maximum Gasteiger partial charge on any atom is 0.212 e. The van der Waals surface area contributed by atoms with Crippen molar-refractivity contribution >= 4 is 16.9 Å². The lowest BCUT2D eigenvalue weighted by molar-refractivity contribution is 0.397. The second-order valence-corrected chi connectivity index (χ2v) is 5.53. The van der Waals surface area contributed by atoms with Crippen molar-refractivity contribution in [3.05, 3.63) is 23.9 Å². The Morgan fingerprint density at radius 2 is 2.39 bits per heavy atom. The van der Waals surface area contributed by atoms with E-state index in [1.54, 1.807) is 7.11 Å². The summed E-state index contributed by atoms with van der Waals surface area (Å²) in [5.74, 6) is 0.648. The van der Waals surface area contributed by atoms with Crippen LogP contribution >= 0.6 is 11.8 Å². The van der Waals surface area contributed by atoms with E-state index in [1.165, 1.54) is 12.8 Å². The molecule has 2 heterocycles. The summed E-state index contributed by atoms with van der Waals surface area (Å²) in [7, 11) is 1.62. The Morgan fingerprint density at radius 1 is 1.50 bits per heavy atom. The van der Waals surface area contributed by atoms with Gasteiger partial charge in [0.15, 0.2) is 5.17 Å². The van der Waals surface area contributed by atoms with Gasteiger partial charge in [-0.1, -0.05) is 31.2 Å². The highest BCUT2D eigenvalue weighted by atomic mass is 32.2. The van der Waals surface area contributed by atoms with Crippen molar-refractivity contribution in [3.8, 4) is 5.88 Å². The summed E-state index contributed by atoms with van der Waals surface area (Å²) in [6.07, 6.45) is 4.29. The van der Waals surface area contributed by atoms with Gasteiger partial charge in [0.1, 0.15) is 0 Å². The number of aliphatic imine (C=N–C) groups is 1. The smallest absolute Gasteiger partial charge is 0.212 e. The molecule has 1 aromatic rings. The van der Waals surface area contributed by atoms with E-state index in [4.69, 9.17) is 4.74 Å². The van der Waals surface area contributed by atoms with Gasteiger partial charge in [0, 0.05) is 24.1 Å². The number of hydrogen-bond donors (Lipinski definition) is 1. The summed E-state index contributed by atoms with van der Waals surface area (Å²) in [6.45, 7) is 3.93. The fourth-order valence-corrected chi connectivity index (χ4v) is 2.92. The number of rotatable bonds is 5. The third-order valence-corrected chi connectivity index (χ3v) is 3.99. The van der Waals surface area contributed by atoms with Gasteiger partial charge < -0.3 is 10.1 Å². The number of aromatic nitrogens is 1. The minimum absolute atomic E-state index is 0.648. The molecule has 1 N–H and O–H groups in total. The highest BCUT2D eigenvalue weighted by Crippen LogP contribution is 2.23. The predicted molar refractivity (Wildman–Crippen MR) is 76.2 cm³/mol. The van der Waals surface area contributed by atoms with Gasteiger partial charge in [-0.05, 0) is 12.0 Å². The minimum Gasteiger partial charge on any atom is -0.481 e. The number of thioether (sulfide) groups is 1. The molecule has 0 saturated carbocycles. The van der Waals surface area contributed by atoms with Gasteiger partial charge in [0.25, 0.3) is 0 Å². The predicted octanol–water partition coefficient (Wildman–Crippen LogP) is 2.45. The Kier molecular flexibility index (Phi) is 4.87.